The lowest BCUT2D eigenvalue weighted by Gasteiger charge is -2.10. The molecule has 3 aromatic heterocycles. The summed E-state index contributed by atoms with van der Waals surface area (Å²) in [5, 5.41) is 12.1. The molecule has 0 spiro atoms. The molecule has 0 saturated carbocycles. The van der Waals surface area contributed by atoms with Gasteiger partial charge in [-0.3, -0.25) is 0 Å². The van der Waals surface area contributed by atoms with E-state index >= 15 is 0 Å². The van der Waals surface area contributed by atoms with Crippen LogP contribution in [0.2, 0.25) is 0 Å². The second-order valence-electron chi connectivity index (χ2n) is 5.22. The van der Waals surface area contributed by atoms with Crippen LogP contribution in [0.25, 0.3) is 5.78 Å². The van der Waals surface area contributed by atoms with Crippen LogP contribution in [0.4, 0.5) is 5.82 Å². The van der Waals surface area contributed by atoms with E-state index < -0.39 is 0 Å². The van der Waals surface area contributed by atoms with E-state index in [1.165, 1.54) is 6.33 Å². The van der Waals surface area contributed by atoms with Gasteiger partial charge in [0.25, 0.3) is 5.78 Å². The van der Waals surface area contributed by atoms with Crippen molar-refractivity contribution in [3.8, 4) is 5.88 Å². The van der Waals surface area contributed by atoms with Gasteiger partial charge in [0.1, 0.15) is 12.1 Å². The summed E-state index contributed by atoms with van der Waals surface area (Å²) in [7, 11) is 3.55. The molecule has 0 aliphatic rings. The van der Waals surface area contributed by atoms with E-state index in [4.69, 9.17) is 4.74 Å². The molecule has 0 bridgehead atoms. The van der Waals surface area contributed by atoms with Gasteiger partial charge in [0, 0.05) is 25.4 Å². The normalized spacial score (nSPS) is 11.1. The highest BCUT2D eigenvalue weighted by atomic mass is 16.5. The number of nitrogens with zero attached hydrogens (tertiary/aromatic N) is 6. The summed E-state index contributed by atoms with van der Waals surface area (Å²) in [5.41, 5.74) is 3.05. The van der Waals surface area contributed by atoms with E-state index in [0.29, 0.717) is 12.3 Å². The summed E-state index contributed by atoms with van der Waals surface area (Å²) in [4.78, 5) is 8.62. The molecule has 3 rings (SSSR count). The SMILES string of the molecule is CCc1cc(NCc2c(CC)nn(C)c2OC)n2ncnc2n1. The Hall–Kier alpha value is -2.64. The molecule has 0 saturated heterocycles. The molecular weight excluding hydrogens is 294 g/mol. The minimum absolute atomic E-state index is 0.598. The summed E-state index contributed by atoms with van der Waals surface area (Å²) in [5.74, 6) is 2.23. The highest BCUT2D eigenvalue weighted by Gasteiger charge is 2.16. The Balaban J connectivity index is 1.93. The molecule has 23 heavy (non-hydrogen) atoms. The number of methoxy groups -OCH3 is 1. The van der Waals surface area contributed by atoms with Crippen molar-refractivity contribution < 1.29 is 4.74 Å². The van der Waals surface area contributed by atoms with Crippen molar-refractivity contribution in [3.05, 3.63) is 29.3 Å². The first-order valence-electron chi connectivity index (χ1n) is 7.70. The fourth-order valence-electron chi connectivity index (χ4n) is 2.67. The fourth-order valence-corrected chi connectivity index (χ4v) is 2.67. The number of ether oxygens (including phenoxy) is 1. The number of anilines is 1. The summed E-state index contributed by atoms with van der Waals surface area (Å²) >= 11 is 0. The van der Waals surface area contributed by atoms with Crippen LogP contribution in [0.15, 0.2) is 12.4 Å². The Bertz CT molecular complexity index is 821. The first-order valence-corrected chi connectivity index (χ1v) is 7.70. The molecule has 0 atom stereocenters. The predicted octanol–water partition coefficient (Wildman–Crippen LogP) is 1.60. The molecule has 0 radical (unpaired) electrons. The monoisotopic (exact) mass is 315 g/mol. The minimum atomic E-state index is 0.598. The van der Waals surface area contributed by atoms with Crippen molar-refractivity contribution in [1.29, 1.82) is 0 Å². The van der Waals surface area contributed by atoms with Crippen LogP contribution >= 0.6 is 0 Å². The maximum Gasteiger partial charge on any atom is 0.254 e. The zero-order chi connectivity index (χ0) is 16.4. The number of aryl methyl sites for hydroxylation is 3. The molecule has 0 amide bonds. The zero-order valence-corrected chi connectivity index (χ0v) is 13.9. The Morgan fingerprint density at radius 2 is 2.09 bits per heavy atom. The van der Waals surface area contributed by atoms with E-state index in [0.717, 1.165) is 41.5 Å². The topological polar surface area (TPSA) is 82.2 Å². The number of fused-ring (bicyclic) bond motifs is 1. The van der Waals surface area contributed by atoms with Gasteiger partial charge in [0.2, 0.25) is 5.88 Å². The number of hydrogen-bond donors (Lipinski definition) is 1. The van der Waals surface area contributed by atoms with Crippen LogP contribution in [0.3, 0.4) is 0 Å². The number of hydrogen-bond acceptors (Lipinski definition) is 6. The van der Waals surface area contributed by atoms with Gasteiger partial charge < -0.3 is 10.1 Å². The maximum absolute atomic E-state index is 5.48. The summed E-state index contributed by atoms with van der Waals surface area (Å²) < 4.78 is 8.95. The van der Waals surface area contributed by atoms with Gasteiger partial charge in [-0.15, -0.1) is 0 Å². The highest BCUT2D eigenvalue weighted by Crippen LogP contribution is 2.23. The van der Waals surface area contributed by atoms with E-state index in [-0.39, 0.29) is 0 Å². The van der Waals surface area contributed by atoms with Crippen LogP contribution in [-0.4, -0.2) is 36.5 Å². The van der Waals surface area contributed by atoms with Crippen molar-refractivity contribution in [2.75, 3.05) is 12.4 Å². The first kappa shape index (κ1) is 15.3. The Kier molecular flexibility index (Phi) is 4.14. The first-order chi connectivity index (χ1) is 11.2. The van der Waals surface area contributed by atoms with Gasteiger partial charge in [-0.2, -0.15) is 19.7 Å². The number of rotatable bonds is 6. The third kappa shape index (κ3) is 2.71. The van der Waals surface area contributed by atoms with Gasteiger partial charge in [-0.05, 0) is 12.8 Å². The number of nitrogens with one attached hydrogen (secondary N) is 1. The molecule has 0 aliphatic carbocycles. The zero-order valence-electron chi connectivity index (χ0n) is 13.9. The fraction of sp³-hybridized carbons (Fsp3) is 0.467. The molecule has 0 fully saturated rings. The van der Waals surface area contributed by atoms with Gasteiger partial charge in [-0.1, -0.05) is 13.8 Å². The molecule has 1 N–H and O–H groups in total. The lowest BCUT2D eigenvalue weighted by atomic mass is 10.2. The molecule has 8 heteroatoms. The summed E-state index contributed by atoms with van der Waals surface area (Å²) in [6.07, 6.45) is 3.20. The highest BCUT2D eigenvalue weighted by molar-refractivity contribution is 5.46. The average Bonchev–Trinajstić information content (AvgIpc) is 3.15. The average molecular weight is 315 g/mol. The van der Waals surface area contributed by atoms with Gasteiger partial charge in [-0.25, -0.2) is 9.67 Å². The largest absolute Gasteiger partial charge is 0.481 e. The van der Waals surface area contributed by atoms with Crippen LogP contribution < -0.4 is 10.1 Å². The lowest BCUT2D eigenvalue weighted by molar-refractivity contribution is 0.369. The van der Waals surface area contributed by atoms with E-state index in [1.54, 1.807) is 16.3 Å². The smallest absolute Gasteiger partial charge is 0.254 e. The van der Waals surface area contributed by atoms with Crippen LogP contribution in [0.5, 0.6) is 5.88 Å². The Morgan fingerprint density at radius 1 is 1.26 bits per heavy atom. The second-order valence-corrected chi connectivity index (χ2v) is 5.22. The molecule has 3 aromatic rings. The Morgan fingerprint density at radius 3 is 2.78 bits per heavy atom. The van der Waals surface area contributed by atoms with Crippen LogP contribution in [0.1, 0.15) is 30.8 Å². The van der Waals surface area contributed by atoms with E-state index in [9.17, 15) is 0 Å². The maximum atomic E-state index is 5.48. The quantitative estimate of drug-likeness (QED) is 0.744. The van der Waals surface area contributed by atoms with E-state index in [2.05, 4.69) is 39.3 Å². The van der Waals surface area contributed by atoms with Gasteiger partial charge in [0.15, 0.2) is 0 Å². The van der Waals surface area contributed by atoms with Crippen LogP contribution in [0, 0.1) is 0 Å². The molecule has 122 valence electrons. The van der Waals surface area contributed by atoms with Gasteiger partial charge in [0.05, 0.1) is 18.4 Å². The van der Waals surface area contributed by atoms with Gasteiger partial charge >= 0.3 is 0 Å². The minimum Gasteiger partial charge on any atom is -0.481 e. The van der Waals surface area contributed by atoms with Crippen LogP contribution in [-0.2, 0) is 26.4 Å². The molecular formula is C15H21N7O. The number of aromatic nitrogens is 6. The van der Waals surface area contributed by atoms with Crippen molar-refractivity contribution in [2.24, 2.45) is 7.05 Å². The third-order valence-corrected chi connectivity index (χ3v) is 3.81. The van der Waals surface area contributed by atoms with E-state index in [1.807, 2.05) is 13.1 Å². The van der Waals surface area contributed by atoms with Crippen molar-refractivity contribution in [2.45, 2.75) is 33.2 Å². The summed E-state index contributed by atoms with van der Waals surface area (Å²) in [6.45, 7) is 4.75. The van der Waals surface area contributed by atoms with Crippen molar-refractivity contribution in [3.63, 3.8) is 0 Å². The summed E-state index contributed by atoms with van der Waals surface area (Å²) in [6, 6.07) is 2.00. The lowest BCUT2D eigenvalue weighted by Crippen LogP contribution is -2.09. The molecule has 0 aromatic carbocycles. The molecule has 8 nitrogen and oxygen atoms in total. The molecule has 3 heterocycles. The predicted molar refractivity (Wildman–Crippen MR) is 86.6 cm³/mol. The molecule has 0 aliphatic heterocycles. The van der Waals surface area contributed by atoms with Crippen molar-refractivity contribution >= 4 is 11.6 Å². The standard InChI is InChI=1S/C15H21N7O/c1-5-10-7-13(22-15(19-10)17-9-18-22)16-8-11-12(6-2)20-21(3)14(11)23-4/h7,9,16H,5-6,8H2,1-4H3. The second kappa shape index (κ2) is 6.23. The molecule has 0 unspecified atom stereocenters. The Labute approximate surface area is 134 Å². The van der Waals surface area contributed by atoms with Crippen molar-refractivity contribution in [1.82, 2.24) is 29.4 Å². The third-order valence-electron chi connectivity index (χ3n) is 3.81.